The first kappa shape index (κ1) is 9.04. The van der Waals surface area contributed by atoms with Gasteiger partial charge < -0.3 is 5.32 Å². The second-order valence-corrected chi connectivity index (χ2v) is 2.66. The summed E-state index contributed by atoms with van der Waals surface area (Å²) in [5.74, 6) is -0.156. The molecule has 1 N–H and O–H groups in total. The Morgan fingerprint density at radius 3 is 2.67 bits per heavy atom. The first-order valence-electron chi connectivity index (χ1n) is 4.30. The van der Waals surface area contributed by atoms with E-state index in [2.05, 4.69) is 5.32 Å². The maximum atomic E-state index is 13.2. The van der Waals surface area contributed by atoms with Crippen LogP contribution in [0.25, 0.3) is 0 Å². The van der Waals surface area contributed by atoms with Crippen LogP contribution < -0.4 is 5.32 Å². The van der Waals surface area contributed by atoms with Gasteiger partial charge in [0.2, 0.25) is 0 Å². The Bertz CT molecular complexity index is 258. The molecule has 0 atom stereocenters. The summed E-state index contributed by atoms with van der Waals surface area (Å²) < 4.78 is 13.2. The summed E-state index contributed by atoms with van der Waals surface area (Å²) in [5, 5.41) is 3.02. The minimum atomic E-state index is -0.156. The highest BCUT2D eigenvalue weighted by atomic mass is 19.1. The zero-order valence-corrected chi connectivity index (χ0v) is 7.52. The fourth-order valence-electron chi connectivity index (χ4n) is 1.24. The molecule has 1 rings (SSSR count). The number of nitrogens with one attached hydrogen (secondary N) is 1. The second-order valence-electron chi connectivity index (χ2n) is 2.66. The van der Waals surface area contributed by atoms with E-state index in [0.29, 0.717) is 5.69 Å². The Labute approximate surface area is 72.6 Å². The summed E-state index contributed by atoms with van der Waals surface area (Å²) in [6.07, 6.45) is 0.861. The summed E-state index contributed by atoms with van der Waals surface area (Å²) in [7, 11) is 0. The number of hydrogen-bond donors (Lipinski definition) is 1. The number of benzene rings is 1. The van der Waals surface area contributed by atoms with Crippen molar-refractivity contribution in [3.05, 3.63) is 29.6 Å². The van der Waals surface area contributed by atoms with Gasteiger partial charge in [0.1, 0.15) is 5.82 Å². The molecule has 0 aliphatic heterocycles. The van der Waals surface area contributed by atoms with Gasteiger partial charge in [0.25, 0.3) is 0 Å². The van der Waals surface area contributed by atoms with E-state index in [1.54, 1.807) is 6.07 Å². The van der Waals surface area contributed by atoms with Gasteiger partial charge in [-0.15, -0.1) is 0 Å². The van der Waals surface area contributed by atoms with E-state index >= 15 is 0 Å². The average Bonchev–Trinajstić information content (AvgIpc) is 2.09. The lowest BCUT2D eigenvalue weighted by Crippen LogP contribution is -2.02. The van der Waals surface area contributed by atoms with E-state index in [9.17, 15) is 4.39 Å². The van der Waals surface area contributed by atoms with Gasteiger partial charge in [0.05, 0.1) is 5.69 Å². The Morgan fingerprint density at radius 1 is 1.33 bits per heavy atom. The van der Waals surface area contributed by atoms with Gasteiger partial charge in [-0.2, -0.15) is 0 Å². The minimum absolute atomic E-state index is 0.156. The summed E-state index contributed by atoms with van der Waals surface area (Å²) in [6.45, 7) is 4.75. The number of aryl methyl sites for hydroxylation is 1. The predicted octanol–water partition coefficient (Wildman–Crippen LogP) is 2.82. The highest BCUT2D eigenvalue weighted by Crippen LogP contribution is 2.19. The molecule has 0 aromatic heterocycles. The molecule has 0 amide bonds. The third kappa shape index (κ3) is 1.76. The van der Waals surface area contributed by atoms with Gasteiger partial charge in [-0.05, 0) is 25.0 Å². The topological polar surface area (TPSA) is 12.0 Å². The van der Waals surface area contributed by atoms with Crippen LogP contribution in [-0.2, 0) is 6.42 Å². The average molecular weight is 167 g/mol. The van der Waals surface area contributed by atoms with Crippen LogP contribution in [0.15, 0.2) is 18.2 Å². The molecule has 0 heterocycles. The third-order valence-electron chi connectivity index (χ3n) is 1.83. The first-order chi connectivity index (χ1) is 5.79. The molecule has 66 valence electrons. The Morgan fingerprint density at radius 2 is 2.08 bits per heavy atom. The fourth-order valence-corrected chi connectivity index (χ4v) is 1.24. The normalized spacial score (nSPS) is 9.92. The zero-order chi connectivity index (χ0) is 8.97. The molecule has 12 heavy (non-hydrogen) atoms. The monoisotopic (exact) mass is 167 g/mol. The molecule has 2 heteroatoms. The van der Waals surface area contributed by atoms with Crippen molar-refractivity contribution in [1.82, 2.24) is 0 Å². The molecule has 0 spiro atoms. The van der Waals surface area contributed by atoms with Crippen molar-refractivity contribution in [3.63, 3.8) is 0 Å². The smallest absolute Gasteiger partial charge is 0.146 e. The molecule has 0 radical (unpaired) electrons. The van der Waals surface area contributed by atoms with Crippen molar-refractivity contribution in [2.45, 2.75) is 20.3 Å². The van der Waals surface area contributed by atoms with Crippen molar-refractivity contribution in [3.8, 4) is 0 Å². The predicted molar refractivity (Wildman–Crippen MR) is 49.9 cm³/mol. The molecule has 0 fully saturated rings. The quantitative estimate of drug-likeness (QED) is 0.730. The molecular formula is C10H14FN. The van der Waals surface area contributed by atoms with Crippen molar-refractivity contribution in [1.29, 1.82) is 0 Å². The summed E-state index contributed by atoms with van der Waals surface area (Å²) in [4.78, 5) is 0. The van der Waals surface area contributed by atoms with Gasteiger partial charge in [-0.25, -0.2) is 4.39 Å². The second kappa shape index (κ2) is 4.10. The molecule has 0 saturated carbocycles. The molecule has 1 aromatic rings. The van der Waals surface area contributed by atoms with Crippen LogP contribution in [0, 0.1) is 5.82 Å². The van der Waals surface area contributed by atoms with Gasteiger partial charge in [0, 0.05) is 6.54 Å². The van der Waals surface area contributed by atoms with Crippen LogP contribution in [-0.4, -0.2) is 6.54 Å². The third-order valence-corrected chi connectivity index (χ3v) is 1.83. The summed E-state index contributed by atoms with van der Waals surface area (Å²) in [5.41, 5.74) is 1.69. The van der Waals surface area contributed by atoms with Crippen molar-refractivity contribution < 1.29 is 4.39 Å². The van der Waals surface area contributed by atoms with E-state index in [4.69, 9.17) is 0 Å². The first-order valence-corrected chi connectivity index (χ1v) is 4.30. The summed E-state index contributed by atoms with van der Waals surface area (Å²) in [6, 6.07) is 5.17. The van der Waals surface area contributed by atoms with E-state index in [0.717, 1.165) is 18.5 Å². The fraction of sp³-hybridized carbons (Fsp3) is 0.400. The van der Waals surface area contributed by atoms with Gasteiger partial charge >= 0.3 is 0 Å². The van der Waals surface area contributed by atoms with Gasteiger partial charge in [-0.1, -0.05) is 19.1 Å². The van der Waals surface area contributed by atoms with Gasteiger partial charge in [0.15, 0.2) is 0 Å². The Kier molecular flexibility index (Phi) is 3.09. The lowest BCUT2D eigenvalue weighted by molar-refractivity contribution is 0.628. The zero-order valence-electron chi connectivity index (χ0n) is 7.52. The highest BCUT2D eigenvalue weighted by molar-refractivity contribution is 5.52. The van der Waals surface area contributed by atoms with E-state index in [-0.39, 0.29) is 5.82 Å². The molecule has 1 aromatic carbocycles. The van der Waals surface area contributed by atoms with Gasteiger partial charge in [-0.3, -0.25) is 0 Å². The van der Waals surface area contributed by atoms with Crippen molar-refractivity contribution in [2.24, 2.45) is 0 Å². The maximum absolute atomic E-state index is 13.2. The van der Waals surface area contributed by atoms with E-state index in [1.807, 2.05) is 19.9 Å². The Hall–Kier alpha value is -1.05. The number of halogens is 1. The molecule has 0 unspecified atom stereocenters. The Balaban J connectivity index is 3.02. The van der Waals surface area contributed by atoms with E-state index in [1.165, 1.54) is 6.07 Å². The minimum Gasteiger partial charge on any atom is -0.383 e. The molecule has 0 aliphatic carbocycles. The lowest BCUT2D eigenvalue weighted by atomic mass is 10.1. The van der Waals surface area contributed by atoms with Crippen LogP contribution in [0.2, 0.25) is 0 Å². The van der Waals surface area contributed by atoms with Crippen LogP contribution in [0.3, 0.4) is 0 Å². The summed E-state index contributed by atoms with van der Waals surface area (Å²) >= 11 is 0. The van der Waals surface area contributed by atoms with Crippen molar-refractivity contribution in [2.75, 3.05) is 11.9 Å². The molecule has 0 bridgehead atoms. The molecule has 1 nitrogen and oxygen atoms in total. The van der Waals surface area contributed by atoms with Crippen molar-refractivity contribution >= 4 is 5.69 Å². The highest BCUT2D eigenvalue weighted by Gasteiger charge is 2.04. The number of rotatable bonds is 3. The molecular weight excluding hydrogens is 153 g/mol. The molecule has 0 saturated heterocycles. The SMILES string of the molecule is CCNc1c(F)cccc1CC. The van der Waals surface area contributed by atoms with Crippen LogP contribution in [0.1, 0.15) is 19.4 Å². The largest absolute Gasteiger partial charge is 0.383 e. The lowest BCUT2D eigenvalue weighted by Gasteiger charge is -2.09. The number of para-hydroxylation sites is 1. The van der Waals surface area contributed by atoms with Crippen LogP contribution in [0.4, 0.5) is 10.1 Å². The van der Waals surface area contributed by atoms with Crippen LogP contribution >= 0.6 is 0 Å². The number of anilines is 1. The molecule has 0 aliphatic rings. The van der Waals surface area contributed by atoms with E-state index < -0.39 is 0 Å². The number of hydrogen-bond acceptors (Lipinski definition) is 1. The van der Waals surface area contributed by atoms with Crippen LogP contribution in [0.5, 0.6) is 0 Å². The maximum Gasteiger partial charge on any atom is 0.146 e. The standard InChI is InChI=1S/C10H14FN/c1-3-8-6-5-7-9(11)10(8)12-4-2/h5-7,12H,3-4H2,1-2H3.